The van der Waals surface area contributed by atoms with E-state index in [1.165, 1.54) is 26.2 Å². The minimum Gasteiger partial charge on any atom is -0.497 e. The van der Waals surface area contributed by atoms with Crippen LogP contribution < -0.4 is 9.88 Å². The van der Waals surface area contributed by atoms with Crippen LogP contribution in [-0.4, -0.2) is 15.5 Å². The Morgan fingerprint density at radius 2 is 2.07 bits per heavy atom. The number of hydrogen-bond donors (Lipinski definition) is 1. The number of ether oxygens (including phenoxy) is 1. The molecule has 0 radical (unpaired) electrons. The van der Waals surface area contributed by atoms with Gasteiger partial charge < -0.3 is 4.74 Å². The third kappa shape index (κ3) is 2.66. The number of methoxy groups -OCH3 is 1. The number of sulfonamides is 1. The van der Waals surface area contributed by atoms with Gasteiger partial charge in [0, 0.05) is 11.6 Å². The molecule has 0 saturated carbocycles. The Morgan fingerprint density at radius 1 is 1.47 bits per heavy atom. The Kier molecular flexibility index (Phi) is 3.31. The van der Waals surface area contributed by atoms with Crippen LogP contribution in [0.3, 0.4) is 0 Å². The molecule has 0 aliphatic carbocycles. The predicted octanol–water partition coefficient (Wildman–Crippen LogP) is 1.18. The maximum Gasteiger partial charge on any atom is 0.215 e. The van der Waals surface area contributed by atoms with Crippen LogP contribution in [-0.2, 0) is 10.0 Å². The summed E-state index contributed by atoms with van der Waals surface area (Å²) in [5, 5.41) is 3.86. The van der Waals surface area contributed by atoms with E-state index in [9.17, 15) is 12.8 Å². The molecule has 1 unspecified atom stereocenters. The highest BCUT2D eigenvalue weighted by atomic mass is 32.2. The molecular weight excluding hydrogens is 221 g/mol. The lowest BCUT2D eigenvalue weighted by molar-refractivity contribution is 0.410. The van der Waals surface area contributed by atoms with Crippen molar-refractivity contribution in [1.82, 2.24) is 0 Å². The van der Waals surface area contributed by atoms with Crippen molar-refractivity contribution in [3.05, 3.63) is 29.6 Å². The predicted molar refractivity (Wildman–Crippen MR) is 54.5 cm³/mol. The summed E-state index contributed by atoms with van der Waals surface area (Å²) in [6.07, 6.45) is 0. The fourth-order valence-corrected chi connectivity index (χ4v) is 1.69. The molecule has 84 valence electrons. The van der Waals surface area contributed by atoms with Gasteiger partial charge in [0.15, 0.2) is 0 Å². The van der Waals surface area contributed by atoms with E-state index < -0.39 is 21.1 Å². The van der Waals surface area contributed by atoms with E-state index in [-0.39, 0.29) is 5.56 Å². The molecular formula is C9H12FNO3S. The Labute approximate surface area is 87.9 Å². The molecule has 0 saturated heterocycles. The Bertz CT molecular complexity index is 458. The molecule has 0 aliphatic rings. The van der Waals surface area contributed by atoms with Crippen molar-refractivity contribution in [3.8, 4) is 5.75 Å². The fraction of sp³-hybridized carbons (Fsp3) is 0.333. The molecule has 1 atom stereocenters. The summed E-state index contributed by atoms with van der Waals surface area (Å²) in [6, 6.07) is 3.96. The van der Waals surface area contributed by atoms with Gasteiger partial charge in [0.25, 0.3) is 0 Å². The summed E-state index contributed by atoms with van der Waals surface area (Å²) in [5.41, 5.74) is 0.0401. The third-order valence-corrected chi connectivity index (χ3v) is 3.38. The summed E-state index contributed by atoms with van der Waals surface area (Å²) in [5.74, 6) is -0.311. The number of benzene rings is 1. The van der Waals surface area contributed by atoms with Gasteiger partial charge in [-0.3, -0.25) is 0 Å². The first-order valence-electron chi connectivity index (χ1n) is 4.21. The highest BCUT2D eigenvalue weighted by Crippen LogP contribution is 2.25. The molecule has 15 heavy (non-hydrogen) atoms. The van der Waals surface area contributed by atoms with Crippen LogP contribution in [0.2, 0.25) is 0 Å². The first-order valence-corrected chi connectivity index (χ1v) is 5.82. The lowest BCUT2D eigenvalue weighted by atomic mass is 10.1. The molecule has 6 heteroatoms. The third-order valence-electron chi connectivity index (χ3n) is 2.14. The molecule has 0 spiro atoms. The smallest absolute Gasteiger partial charge is 0.215 e. The van der Waals surface area contributed by atoms with Gasteiger partial charge in [-0.1, -0.05) is 6.07 Å². The van der Waals surface area contributed by atoms with Crippen LogP contribution in [0.4, 0.5) is 4.39 Å². The Balaban J connectivity index is 3.17. The van der Waals surface area contributed by atoms with Gasteiger partial charge in [0.2, 0.25) is 10.0 Å². The lowest BCUT2D eigenvalue weighted by Crippen LogP contribution is -2.20. The average molecular weight is 233 g/mol. The second kappa shape index (κ2) is 4.16. The van der Waals surface area contributed by atoms with E-state index >= 15 is 0 Å². The molecule has 0 amide bonds. The average Bonchev–Trinajstić information content (AvgIpc) is 2.15. The van der Waals surface area contributed by atoms with Gasteiger partial charge in [0.05, 0.1) is 7.11 Å². The van der Waals surface area contributed by atoms with Crippen LogP contribution in [0.1, 0.15) is 17.7 Å². The first-order chi connectivity index (χ1) is 6.86. The topological polar surface area (TPSA) is 69.4 Å². The molecule has 4 nitrogen and oxygen atoms in total. The van der Waals surface area contributed by atoms with Gasteiger partial charge >= 0.3 is 0 Å². The standard InChI is InChI=1S/C9H12FNO3S/c1-6(15(11,12)13)8-4-3-7(14-2)5-9(8)10/h3-6H,1-2H3,(H2,11,12,13). The summed E-state index contributed by atoms with van der Waals surface area (Å²) >= 11 is 0. The molecule has 0 aliphatic heterocycles. The minimum atomic E-state index is -3.78. The van der Waals surface area contributed by atoms with E-state index in [1.54, 1.807) is 0 Å². The highest BCUT2D eigenvalue weighted by molar-refractivity contribution is 7.89. The molecule has 2 N–H and O–H groups in total. The van der Waals surface area contributed by atoms with Crippen LogP contribution in [0.5, 0.6) is 5.75 Å². The number of nitrogens with two attached hydrogens (primary N) is 1. The second-order valence-electron chi connectivity index (χ2n) is 3.12. The zero-order valence-corrected chi connectivity index (χ0v) is 9.21. The van der Waals surface area contributed by atoms with Crippen LogP contribution >= 0.6 is 0 Å². The van der Waals surface area contributed by atoms with Crippen molar-refractivity contribution in [1.29, 1.82) is 0 Å². The lowest BCUT2D eigenvalue weighted by Gasteiger charge is -2.11. The van der Waals surface area contributed by atoms with E-state index in [1.807, 2.05) is 0 Å². The normalized spacial score (nSPS) is 13.6. The quantitative estimate of drug-likeness (QED) is 0.852. The molecule has 1 aromatic rings. The molecule has 1 rings (SSSR count). The van der Waals surface area contributed by atoms with Crippen LogP contribution in [0.25, 0.3) is 0 Å². The number of hydrogen-bond acceptors (Lipinski definition) is 3. The molecule has 0 bridgehead atoms. The summed E-state index contributed by atoms with van der Waals surface area (Å²) in [7, 11) is -2.38. The van der Waals surface area contributed by atoms with Crippen molar-refractivity contribution in [2.24, 2.45) is 5.14 Å². The fourth-order valence-electron chi connectivity index (χ4n) is 1.14. The van der Waals surface area contributed by atoms with Crippen molar-refractivity contribution in [3.63, 3.8) is 0 Å². The van der Waals surface area contributed by atoms with Crippen molar-refractivity contribution in [2.75, 3.05) is 7.11 Å². The maximum atomic E-state index is 13.4. The largest absolute Gasteiger partial charge is 0.497 e. The number of halogens is 1. The van der Waals surface area contributed by atoms with Gasteiger partial charge in [-0.25, -0.2) is 17.9 Å². The minimum absolute atomic E-state index is 0.0401. The van der Waals surface area contributed by atoms with Gasteiger partial charge in [-0.05, 0) is 13.0 Å². The SMILES string of the molecule is COc1ccc(C(C)S(N)(=O)=O)c(F)c1. The zero-order valence-electron chi connectivity index (χ0n) is 8.40. The Morgan fingerprint density at radius 3 is 2.47 bits per heavy atom. The number of rotatable bonds is 3. The highest BCUT2D eigenvalue weighted by Gasteiger charge is 2.21. The van der Waals surface area contributed by atoms with Crippen LogP contribution in [0.15, 0.2) is 18.2 Å². The van der Waals surface area contributed by atoms with E-state index in [4.69, 9.17) is 9.88 Å². The maximum absolute atomic E-state index is 13.4. The molecule has 0 fully saturated rings. The zero-order chi connectivity index (χ0) is 11.6. The van der Waals surface area contributed by atoms with Gasteiger partial charge in [-0.15, -0.1) is 0 Å². The Hall–Kier alpha value is -1.14. The van der Waals surface area contributed by atoms with Gasteiger partial charge in [-0.2, -0.15) is 0 Å². The van der Waals surface area contributed by atoms with E-state index in [2.05, 4.69) is 0 Å². The second-order valence-corrected chi connectivity index (χ2v) is 5.00. The van der Waals surface area contributed by atoms with Gasteiger partial charge in [0.1, 0.15) is 16.8 Å². The monoisotopic (exact) mass is 233 g/mol. The summed E-state index contributed by atoms with van der Waals surface area (Å²) in [4.78, 5) is 0. The van der Waals surface area contributed by atoms with Crippen LogP contribution in [0, 0.1) is 5.82 Å². The van der Waals surface area contributed by atoms with E-state index in [0.717, 1.165) is 6.07 Å². The molecule has 1 aromatic carbocycles. The van der Waals surface area contributed by atoms with Crippen molar-refractivity contribution >= 4 is 10.0 Å². The number of primary sulfonamides is 1. The van der Waals surface area contributed by atoms with E-state index in [0.29, 0.717) is 5.75 Å². The molecule has 0 heterocycles. The summed E-state index contributed by atoms with van der Waals surface area (Å²) < 4.78 is 40.2. The van der Waals surface area contributed by atoms with Crippen molar-refractivity contribution < 1.29 is 17.5 Å². The first kappa shape index (κ1) is 11.9. The summed E-state index contributed by atoms with van der Waals surface area (Å²) in [6.45, 7) is 1.33. The molecule has 0 aromatic heterocycles. The van der Waals surface area contributed by atoms with Crippen molar-refractivity contribution in [2.45, 2.75) is 12.2 Å².